The van der Waals surface area contributed by atoms with Gasteiger partial charge in [-0.2, -0.15) is 0 Å². The average Bonchev–Trinajstić information content (AvgIpc) is 2.45. The van der Waals surface area contributed by atoms with Gasteiger partial charge in [-0.1, -0.05) is 0 Å². The lowest BCUT2D eigenvalue weighted by Crippen LogP contribution is -2.39. The third kappa shape index (κ3) is 4.51. The van der Waals surface area contributed by atoms with E-state index in [9.17, 15) is 8.42 Å². The quantitative estimate of drug-likeness (QED) is 0.396. The molecule has 0 bridgehead atoms. The Morgan fingerprint density at radius 1 is 1.60 bits per heavy atom. The van der Waals surface area contributed by atoms with Gasteiger partial charge in [-0.25, -0.2) is 12.7 Å². The number of rotatable bonds is 3. The first-order valence-corrected chi connectivity index (χ1v) is 6.11. The molecule has 0 aromatic carbocycles. The molecule has 1 rings (SSSR count). The Balaban J connectivity index is 0.00000196. The molecule has 8 heteroatoms. The smallest absolute Gasteiger partial charge is 0.214 e. The van der Waals surface area contributed by atoms with Crippen molar-refractivity contribution in [3.8, 4) is 0 Å². The molecule has 1 aliphatic heterocycles. The van der Waals surface area contributed by atoms with Gasteiger partial charge in [-0.15, -0.1) is 24.0 Å². The van der Waals surface area contributed by atoms with Crippen molar-refractivity contribution in [3.63, 3.8) is 0 Å². The lowest BCUT2D eigenvalue weighted by Gasteiger charge is -2.14. The number of guanidine groups is 1. The second kappa shape index (κ2) is 6.48. The summed E-state index contributed by atoms with van der Waals surface area (Å²) in [4.78, 5) is 3.70. The van der Waals surface area contributed by atoms with E-state index in [0.29, 0.717) is 25.6 Å². The Hall–Kier alpha value is -0.0900. The molecule has 3 N–H and O–H groups in total. The van der Waals surface area contributed by atoms with Crippen LogP contribution in [0.2, 0.25) is 0 Å². The van der Waals surface area contributed by atoms with Crippen LogP contribution in [0.3, 0.4) is 0 Å². The SMILES string of the molecule is CN=C(N)NCCN1CCCS1(=O)=O.I. The fraction of sp³-hybridized carbons (Fsp3) is 0.857. The van der Waals surface area contributed by atoms with Crippen LogP contribution in [0.4, 0.5) is 0 Å². The van der Waals surface area contributed by atoms with Gasteiger partial charge in [0.15, 0.2) is 5.96 Å². The number of nitrogens with one attached hydrogen (secondary N) is 1. The van der Waals surface area contributed by atoms with Crippen LogP contribution in [0, 0.1) is 0 Å². The summed E-state index contributed by atoms with van der Waals surface area (Å²) in [5.74, 6) is 0.603. The molecule has 0 atom stereocenters. The molecular weight excluding hydrogens is 331 g/mol. The zero-order valence-corrected chi connectivity index (χ0v) is 11.8. The maximum Gasteiger partial charge on any atom is 0.214 e. The lowest BCUT2D eigenvalue weighted by atomic mass is 10.5. The van der Waals surface area contributed by atoms with Crippen molar-refractivity contribution in [3.05, 3.63) is 0 Å². The van der Waals surface area contributed by atoms with E-state index in [1.807, 2.05) is 0 Å². The molecule has 6 nitrogen and oxygen atoms in total. The van der Waals surface area contributed by atoms with Crippen molar-refractivity contribution in [2.45, 2.75) is 6.42 Å². The highest BCUT2D eigenvalue weighted by atomic mass is 127. The average molecular weight is 348 g/mol. The Morgan fingerprint density at radius 3 is 2.73 bits per heavy atom. The summed E-state index contributed by atoms with van der Waals surface area (Å²) >= 11 is 0. The van der Waals surface area contributed by atoms with Crippen LogP contribution in [0.1, 0.15) is 6.42 Å². The van der Waals surface area contributed by atoms with Crippen molar-refractivity contribution < 1.29 is 8.42 Å². The number of sulfonamides is 1. The topological polar surface area (TPSA) is 87.8 Å². The van der Waals surface area contributed by atoms with Crippen LogP contribution in [0.5, 0.6) is 0 Å². The molecule has 90 valence electrons. The lowest BCUT2D eigenvalue weighted by molar-refractivity contribution is 0.445. The maximum absolute atomic E-state index is 11.3. The van der Waals surface area contributed by atoms with E-state index in [-0.39, 0.29) is 29.7 Å². The fourth-order valence-electron chi connectivity index (χ4n) is 1.33. The van der Waals surface area contributed by atoms with E-state index in [2.05, 4.69) is 10.3 Å². The Kier molecular flexibility index (Phi) is 6.44. The predicted octanol–water partition coefficient (Wildman–Crippen LogP) is -0.826. The summed E-state index contributed by atoms with van der Waals surface area (Å²) in [5.41, 5.74) is 5.40. The van der Waals surface area contributed by atoms with Crippen molar-refractivity contribution in [2.75, 3.05) is 32.4 Å². The largest absolute Gasteiger partial charge is 0.370 e. The number of hydrogen-bond acceptors (Lipinski definition) is 3. The fourth-order valence-corrected chi connectivity index (χ4v) is 2.86. The highest BCUT2D eigenvalue weighted by Gasteiger charge is 2.27. The van der Waals surface area contributed by atoms with Gasteiger partial charge in [-0.05, 0) is 6.42 Å². The van der Waals surface area contributed by atoms with E-state index >= 15 is 0 Å². The van der Waals surface area contributed by atoms with Gasteiger partial charge in [0.05, 0.1) is 5.75 Å². The van der Waals surface area contributed by atoms with Crippen molar-refractivity contribution in [2.24, 2.45) is 10.7 Å². The number of aliphatic imine (C=N–C) groups is 1. The van der Waals surface area contributed by atoms with Crippen molar-refractivity contribution in [1.29, 1.82) is 0 Å². The molecule has 0 radical (unpaired) electrons. The number of halogens is 1. The molecule has 0 saturated carbocycles. The predicted molar refractivity (Wildman–Crippen MR) is 70.9 cm³/mol. The second-order valence-electron chi connectivity index (χ2n) is 3.10. The van der Waals surface area contributed by atoms with Crippen molar-refractivity contribution >= 4 is 40.0 Å². The van der Waals surface area contributed by atoms with Crippen LogP contribution in [0.25, 0.3) is 0 Å². The monoisotopic (exact) mass is 348 g/mol. The first kappa shape index (κ1) is 14.9. The summed E-state index contributed by atoms with van der Waals surface area (Å²) in [5, 5.41) is 2.82. The normalized spacial score (nSPS) is 21.0. The molecular formula is C7H17IN4O2S. The summed E-state index contributed by atoms with van der Waals surface area (Å²) < 4.78 is 24.2. The van der Waals surface area contributed by atoms with Gasteiger partial charge in [0.25, 0.3) is 0 Å². The van der Waals surface area contributed by atoms with Gasteiger partial charge < -0.3 is 11.1 Å². The molecule has 1 aliphatic rings. The number of nitrogens with two attached hydrogens (primary N) is 1. The van der Waals surface area contributed by atoms with Gasteiger partial charge in [0.1, 0.15) is 0 Å². The van der Waals surface area contributed by atoms with Crippen LogP contribution in [0.15, 0.2) is 4.99 Å². The maximum atomic E-state index is 11.3. The molecule has 15 heavy (non-hydrogen) atoms. The van der Waals surface area contributed by atoms with Crippen LogP contribution >= 0.6 is 24.0 Å². The zero-order valence-electron chi connectivity index (χ0n) is 8.64. The molecule has 0 unspecified atom stereocenters. The minimum Gasteiger partial charge on any atom is -0.370 e. The highest BCUT2D eigenvalue weighted by molar-refractivity contribution is 14.0. The van der Waals surface area contributed by atoms with E-state index in [4.69, 9.17) is 5.73 Å². The number of nitrogens with zero attached hydrogens (tertiary/aromatic N) is 2. The molecule has 0 aromatic rings. The minimum atomic E-state index is -2.98. The Morgan fingerprint density at radius 2 is 2.27 bits per heavy atom. The Labute approximate surface area is 107 Å². The van der Waals surface area contributed by atoms with Crippen LogP contribution < -0.4 is 11.1 Å². The summed E-state index contributed by atoms with van der Waals surface area (Å²) in [6, 6.07) is 0. The van der Waals surface area contributed by atoms with E-state index in [1.54, 1.807) is 7.05 Å². The summed E-state index contributed by atoms with van der Waals surface area (Å²) in [6.07, 6.45) is 0.722. The van der Waals surface area contributed by atoms with Crippen LogP contribution in [-0.2, 0) is 10.0 Å². The molecule has 0 amide bonds. The summed E-state index contributed by atoms with van der Waals surface area (Å²) in [7, 11) is -1.40. The zero-order chi connectivity index (χ0) is 10.6. The third-order valence-electron chi connectivity index (χ3n) is 2.11. The van der Waals surface area contributed by atoms with Gasteiger partial charge in [0.2, 0.25) is 10.0 Å². The van der Waals surface area contributed by atoms with E-state index < -0.39 is 10.0 Å². The van der Waals surface area contributed by atoms with Gasteiger partial charge >= 0.3 is 0 Å². The molecule has 0 aliphatic carbocycles. The number of hydrogen-bond donors (Lipinski definition) is 2. The van der Waals surface area contributed by atoms with Gasteiger partial charge in [0, 0.05) is 26.7 Å². The Bertz CT molecular complexity index is 317. The molecule has 1 heterocycles. The minimum absolute atomic E-state index is 0. The summed E-state index contributed by atoms with van der Waals surface area (Å²) in [6.45, 7) is 1.58. The molecule has 0 aromatic heterocycles. The first-order chi connectivity index (χ1) is 6.56. The van der Waals surface area contributed by atoms with Crippen molar-refractivity contribution in [1.82, 2.24) is 9.62 Å². The van der Waals surface area contributed by atoms with Gasteiger partial charge in [-0.3, -0.25) is 4.99 Å². The molecule has 0 spiro atoms. The second-order valence-corrected chi connectivity index (χ2v) is 5.19. The molecule has 1 saturated heterocycles. The molecule has 1 fully saturated rings. The van der Waals surface area contributed by atoms with E-state index in [0.717, 1.165) is 6.42 Å². The highest BCUT2D eigenvalue weighted by Crippen LogP contribution is 2.11. The van der Waals surface area contributed by atoms with E-state index in [1.165, 1.54) is 4.31 Å². The third-order valence-corrected chi connectivity index (χ3v) is 4.07. The standard InChI is InChI=1S/C7H16N4O2S.HI/c1-9-7(8)10-3-5-11-4-2-6-14(11,12)13;/h2-6H2,1H3,(H3,8,9,10);1H. The first-order valence-electron chi connectivity index (χ1n) is 4.50. The van der Waals surface area contributed by atoms with Crippen LogP contribution in [-0.4, -0.2) is 51.1 Å².